The summed E-state index contributed by atoms with van der Waals surface area (Å²) in [5.74, 6) is -2.46. The van der Waals surface area contributed by atoms with E-state index in [-0.39, 0.29) is 36.6 Å². The number of carbonyl (C=O) groups is 1. The van der Waals surface area contributed by atoms with Crippen molar-refractivity contribution >= 4 is 5.91 Å². The van der Waals surface area contributed by atoms with Crippen molar-refractivity contribution in [3.05, 3.63) is 59.4 Å². The summed E-state index contributed by atoms with van der Waals surface area (Å²) in [5.41, 5.74) is -0.0334. The van der Waals surface area contributed by atoms with E-state index in [2.05, 4.69) is 0 Å². The van der Waals surface area contributed by atoms with Crippen LogP contribution in [0.5, 0.6) is 11.5 Å². The van der Waals surface area contributed by atoms with Gasteiger partial charge < -0.3 is 19.5 Å². The van der Waals surface area contributed by atoms with E-state index < -0.39 is 35.6 Å². The summed E-state index contributed by atoms with van der Waals surface area (Å²) in [4.78, 5) is 13.8. The van der Waals surface area contributed by atoms with Gasteiger partial charge in [0.1, 0.15) is 18.0 Å². The van der Waals surface area contributed by atoms with Crippen molar-refractivity contribution in [3.63, 3.8) is 0 Å². The first-order chi connectivity index (χ1) is 13.4. The number of nitrogens with zero attached hydrogens (tertiary/aromatic N) is 1. The maximum atomic E-state index is 13.8. The topological polar surface area (TPSA) is 59.0 Å². The average Bonchev–Trinajstić information content (AvgIpc) is 2.68. The zero-order valence-corrected chi connectivity index (χ0v) is 15.2. The van der Waals surface area contributed by atoms with E-state index in [4.69, 9.17) is 9.47 Å². The average molecular weight is 395 g/mol. The van der Waals surface area contributed by atoms with Crippen LogP contribution in [0.4, 0.5) is 13.2 Å². The van der Waals surface area contributed by atoms with Crippen molar-refractivity contribution in [2.75, 3.05) is 20.2 Å². The summed E-state index contributed by atoms with van der Waals surface area (Å²) in [6.45, 7) is 0.269. The molecule has 0 aliphatic carbocycles. The number of likely N-dealkylation sites (tertiary alicyclic amines) is 1. The van der Waals surface area contributed by atoms with E-state index in [0.29, 0.717) is 6.42 Å². The van der Waals surface area contributed by atoms with Crippen LogP contribution in [0.1, 0.15) is 12.0 Å². The van der Waals surface area contributed by atoms with Gasteiger partial charge in [-0.25, -0.2) is 13.2 Å². The number of hydrogen-bond donors (Lipinski definition) is 1. The van der Waals surface area contributed by atoms with Crippen molar-refractivity contribution in [2.24, 2.45) is 0 Å². The third-order valence-corrected chi connectivity index (χ3v) is 4.65. The monoisotopic (exact) mass is 395 g/mol. The first-order valence-corrected chi connectivity index (χ1v) is 8.78. The molecule has 2 aromatic carbocycles. The van der Waals surface area contributed by atoms with Gasteiger partial charge in [0.25, 0.3) is 0 Å². The normalized spacial score (nSPS) is 19.4. The van der Waals surface area contributed by atoms with Gasteiger partial charge in [0.05, 0.1) is 20.1 Å². The number of methoxy groups -OCH3 is 1. The molecule has 8 heteroatoms. The predicted molar refractivity (Wildman–Crippen MR) is 94.6 cm³/mol. The summed E-state index contributed by atoms with van der Waals surface area (Å²) in [5, 5.41) is 10.4. The fourth-order valence-corrected chi connectivity index (χ4v) is 3.14. The Balaban J connectivity index is 1.62. The minimum atomic E-state index is -1.04. The van der Waals surface area contributed by atoms with Gasteiger partial charge in [0, 0.05) is 24.6 Å². The lowest BCUT2D eigenvalue weighted by Crippen LogP contribution is -2.51. The summed E-state index contributed by atoms with van der Waals surface area (Å²) >= 11 is 0. The van der Waals surface area contributed by atoms with Crippen LogP contribution in [0.15, 0.2) is 36.4 Å². The SMILES string of the molecule is COc1cc(F)ccc1O[C@@H]1CCN(C(=O)Cc2cccc(F)c2F)C[C@H]1O. The van der Waals surface area contributed by atoms with Crippen molar-refractivity contribution in [3.8, 4) is 11.5 Å². The number of carbonyl (C=O) groups excluding carboxylic acids is 1. The second-order valence-electron chi connectivity index (χ2n) is 6.54. The van der Waals surface area contributed by atoms with Crippen molar-refractivity contribution in [1.82, 2.24) is 4.90 Å². The molecule has 0 aromatic heterocycles. The quantitative estimate of drug-likeness (QED) is 0.846. The van der Waals surface area contributed by atoms with E-state index in [1.165, 1.54) is 42.3 Å². The first kappa shape index (κ1) is 20.0. The molecule has 3 rings (SSSR count). The first-order valence-electron chi connectivity index (χ1n) is 8.78. The van der Waals surface area contributed by atoms with Crippen LogP contribution in [-0.2, 0) is 11.2 Å². The van der Waals surface area contributed by atoms with Crippen LogP contribution in [0.3, 0.4) is 0 Å². The summed E-state index contributed by atoms with van der Waals surface area (Å²) in [6, 6.07) is 7.48. The number of benzene rings is 2. The standard InChI is InChI=1S/C20H20F3NO4/c1-27-18-10-13(21)5-6-17(18)28-16-7-8-24(11-15(16)25)19(26)9-12-3-2-4-14(22)20(12)23/h2-6,10,15-16,25H,7-9,11H2,1H3/t15-,16-/m1/s1. The van der Waals surface area contributed by atoms with Crippen LogP contribution in [-0.4, -0.2) is 48.3 Å². The van der Waals surface area contributed by atoms with Gasteiger partial charge in [-0.05, 0) is 18.2 Å². The number of piperidine rings is 1. The molecule has 2 aromatic rings. The number of ether oxygens (including phenoxy) is 2. The number of aliphatic hydroxyl groups excluding tert-OH is 1. The van der Waals surface area contributed by atoms with Crippen molar-refractivity contribution in [1.29, 1.82) is 0 Å². The maximum absolute atomic E-state index is 13.8. The van der Waals surface area contributed by atoms with E-state index in [1.54, 1.807) is 0 Å². The molecule has 0 saturated carbocycles. The highest BCUT2D eigenvalue weighted by Crippen LogP contribution is 2.30. The van der Waals surface area contributed by atoms with Gasteiger partial charge in [0.2, 0.25) is 5.91 Å². The van der Waals surface area contributed by atoms with Gasteiger partial charge in [-0.15, -0.1) is 0 Å². The number of aliphatic hydroxyl groups is 1. The molecule has 1 saturated heterocycles. The number of amides is 1. The highest BCUT2D eigenvalue weighted by molar-refractivity contribution is 5.79. The smallest absolute Gasteiger partial charge is 0.227 e. The third kappa shape index (κ3) is 4.39. The van der Waals surface area contributed by atoms with Crippen LogP contribution >= 0.6 is 0 Å². The molecule has 2 atom stereocenters. The number of rotatable bonds is 5. The van der Waals surface area contributed by atoms with Crippen molar-refractivity contribution < 1.29 is 32.5 Å². The summed E-state index contributed by atoms with van der Waals surface area (Å²) in [6.07, 6.45) is -1.59. The molecule has 1 aliphatic rings. The molecule has 1 amide bonds. The molecule has 0 bridgehead atoms. The lowest BCUT2D eigenvalue weighted by Gasteiger charge is -2.36. The summed E-state index contributed by atoms with van der Waals surface area (Å²) in [7, 11) is 1.38. The van der Waals surface area contributed by atoms with E-state index >= 15 is 0 Å². The molecule has 5 nitrogen and oxygen atoms in total. The lowest BCUT2D eigenvalue weighted by atomic mass is 10.0. The van der Waals surface area contributed by atoms with Crippen LogP contribution in [0.2, 0.25) is 0 Å². The predicted octanol–water partition coefficient (Wildman–Crippen LogP) is 2.70. The zero-order valence-electron chi connectivity index (χ0n) is 15.2. The minimum Gasteiger partial charge on any atom is -0.493 e. The van der Waals surface area contributed by atoms with Gasteiger partial charge >= 0.3 is 0 Å². The Labute approximate surface area is 160 Å². The molecule has 1 N–H and O–H groups in total. The largest absolute Gasteiger partial charge is 0.493 e. The second-order valence-corrected chi connectivity index (χ2v) is 6.54. The molecule has 0 unspecified atom stereocenters. The van der Waals surface area contributed by atoms with Crippen LogP contribution in [0.25, 0.3) is 0 Å². The van der Waals surface area contributed by atoms with Crippen molar-refractivity contribution in [2.45, 2.75) is 25.0 Å². The Morgan fingerprint density at radius 2 is 2.00 bits per heavy atom. The van der Waals surface area contributed by atoms with E-state index in [1.807, 2.05) is 0 Å². The molecular formula is C20H20F3NO4. The van der Waals surface area contributed by atoms with Crippen LogP contribution in [0, 0.1) is 17.5 Å². The molecular weight excluding hydrogens is 375 g/mol. The maximum Gasteiger partial charge on any atom is 0.227 e. The number of β-amino-alcohol motifs (C(OH)–C–C–N with tert-alkyl or cyclic N) is 1. The molecule has 28 heavy (non-hydrogen) atoms. The van der Waals surface area contributed by atoms with E-state index in [9.17, 15) is 23.1 Å². The fourth-order valence-electron chi connectivity index (χ4n) is 3.14. The third-order valence-electron chi connectivity index (χ3n) is 4.65. The van der Waals surface area contributed by atoms with E-state index in [0.717, 1.165) is 6.07 Å². The lowest BCUT2D eigenvalue weighted by molar-refractivity contribution is -0.136. The number of hydrogen-bond acceptors (Lipinski definition) is 4. The molecule has 150 valence electrons. The number of halogens is 3. The van der Waals surface area contributed by atoms with Crippen LogP contribution < -0.4 is 9.47 Å². The van der Waals surface area contributed by atoms with Gasteiger partial charge in [0.15, 0.2) is 23.1 Å². The Bertz CT molecular complexity index is 861. The molecule has 0 radical (unpaired) electrons. The molecule has 1 fully saturated rings. The zero-order chi connectivity index (χ0) is 20.3. The minimum absolute atomic E-state index is 0.00998. The Kier molecular flexibility index (Phi) is 6.08. The van der Waals surface area contributed by atoms with Gasteiger partial charge in [-0.1, -0.05) is 12.1 Å². The second kappa shape index (κ2) is 8.52. The highest BCUT2D eigenvalue weighted by Gasteiger charge is 2.32. The molecule has 0 spiro atoms. The highest BCUT2D eigenvalue weighted by atomic mass is 19.2. The van der Waals surface area contributed by atoms with Gasteiger partial charge in [-0.2, -0.15) is 0 Å². The summed E-state index contributed by atoms with van der Waals surface area (Å²) < 4.78 is 51.1. The Morgan fingerprint density at radius 3 is 2.71 bits per heavy atom. The molecule has 1 aliphatic heterocycles. The fraction of sp³-hybridized carbons (Fsp3) is 0.350. The Hall–Kier alpha value is -2.74. The Morgan fingerprint density at radius 1 is 1.21 bits per heavy atom. The van der Waals surface area contributed by atoms with Gasteiger partial charge in [-0.3, -0.25) is 4.79 Å². The molecule has 1 heterocycles.